The van der Waals surface area contributed by atoms with Gasteiger partial charge in [0.25, 0.3) is 0 Å². The Balaban J connectivity index is 3.47. The van der Waals surface area contributed by atoms with Gasteiger partial charge in [0, 0.05) is 11.6 Å². The molecule has 0 unspecified atom stereocenters. The van der Waals surface area contributed by atoms with Crippen molar-refractivity contribution in [2.75, 3.05) is 7.11 Å². The maximum Gasteiger partial charge on any atom is 0.166 e. The first-order valence-corrected chi connectivity index (χ1v) is 5.15. The fourth-order valence-corrected chi connectivity index (χ4v) is 1.56. The molecule has 0 fully saturated rings. The molecule has 0 saturated carbocycles. The number of carbonyl (C=O) groups excluding carboxylic acids is 1. The Morgan fingerprint density at radius 1 is 1.50 bits per heavy atom. The first kappa shape index (κ1) is 12.9. The summed E-state index contributed by atoms with van der Waals surface area (Å²) in [5.74, 6) is 0.0671. The minimum absolute atomic E-state index is 0.141. The van der Waals surface area contributed by atoms with E-state index in [1.807, 2.05) is 0 Å². The number of phenolic OH excluding ortho intramolecular Hbond substituents is 1. The number of hydrogen-bond acceptors (Lipinski definition) is 3. The molecule has 0 aliphatic carbocycles. The Kier molecular flexibility index (Phi) is 4.21. The van der Waals surface area contributed by atoms with Crippen LogP contribution < -0.4 is 4.74 Å². The number of rotatable bonds is 3. The van der Waals surface area contributed by atoms with Crippen LogP contribution in [-0.4, -0.2) is 18.5 Å². The zero-order valence-electron chi connectivity index (χ0n) is 8.75. The molecule has 86 valence electrons. The quantitative estimate of drug-likeness (QED) is 0.670. The Morgan fingerprint density at radius 2 is 2.12 bits per heavy atom. The number of hydrogen-bond donors (Lipinski definition) is 1. The van der Waals surface area contributed by atoms with E-state index in [9.17, 15) is 9.90 Å². The third kappa shape index (κ3) is 2.49. The second-order valence-electron chi connectivity index (χ2n) is 3.14. The van der Waals surface area contributed by atoms with Gasteiger partial charge >= 0.3 is 0 Å². The number of benzene rings is 1. The van der Waals surface area contributed by atoms with Crippen LogP contribution in [0.25, 0.3) is 6.08 Å². The van der Waals surface area contributed by atoms with Crippen molar-refractivity contribution in [3.8, 4) is 11.5 Å². The number of allylic oxidation sites excluding steroid dienone is 1. The minimum atomic E-state index is -0.141. The van der Waals surface area contributed by atoms with Crippen LogP contribution in [0.1, 0.15) is 12.5 Å². The van der Waals surface area contributed by atoms with E-state index in [0.29, 0.717) is 11.9 Å². The number of ether oxygens (including phenoxy) is 1. The highest BCUT2D eigenvalue weighted by molar-refractivity contribution is 6.43. The Bertz CT molecular complexity index is 453. The zero-order chi connectivity index (χ0) is 12.3. The number of aromatic hydroxyl groups is 1. The van der Waals surface area contributed by atoms with E-state index in [-0.39, 0.29) is 27.1 Å². The maximum absolute atomic E-state index is 10.5. The molecule has 0 saturated heterocycles. The molecule has 3 nitrogen and oxygen atoms in total. The van der Waals surface area contributed by atoms with Gasteiger partial charge in [-0.1, -0.05) is 23.2 Å². The molecule has 0 heterocycles. The van der Waals surface area contributed by atoms with Gasteiger partial charge in [-0.05, 0) is 18.6 Å². The van der Waals surface area contributed by atoms with Crippen LogP contribution in [-0.2, 0) is 4.79 Å². The molecular weight excluding hydrogens is 251 g/mol. The van der Waals surface area contributed by atoms with Gasteiger partial charge in [-0.25, -0.2) is 0 Å². The number of halogens is 2. The van der Waals surface area contributed by atoms with Crippen molar-refractivity contribution >= 4 is 35.6 Å². The van der Waals surface area contributed by atoms with Gasteiger partial charge in [0.2, 0.25) is 0 Å². The average Bonchev–Trinajstić information content (AvgIpc) is 2.28. The second kappa shape index (κ2) is 5.23. The topological polar surface area (TPSA) is 46.5 Å². The van der Waals surface area contributed by atoms with Crippen molar-refractivity contribution in [2.24, 2.45) is 0 Å². The van der Waals surface area contributed by atoms with Gasteiger partial charge in [0.15, 0.2) is 11.5 Å². The third-order valence-corrected chi connectivity index (χ3v) is 2.77. The van der Waals surface area contributed by atoms with Crippen LogP contribution in [0.15, 0.2) is 11.6 Å². The number of phenols is 1. The molecule has 16 heavy (non-hydrogen) atoms. The fourth-order valence-electron chi connectivity index (χ4n) is 1.16. The van der Waals surface area contributed by atoms with E-state index in [2.05, 4.69) is 0 Å². The lowest BCUT2D eigenvalue weighted by Gasteiger charge is -2.09. The summed E-state index contributed by atoms with van der Waals surface area (Å²) in [4.78, 5) is 10.5. The van der Waals surface area contributed by atoms with Crippen molar-refractivity contribution in [3.05, 3.63) is 27.2 Å². The molecule has 0 spiro atoms. The number of carbonyl (C=O) groups is 1. The molecular formula is C11H10Cl2O3. The molecule has 0 aliphatic heterocycles. The Morgan fingerprint density at radius 3 is 2.62 bits per heavy atom. The van der Waals surface area contributed by atoms with Gasteiger partial charge in [0.05, 0.1) is 17.2 Å². The maximum atomic E-state index is 10.5. The largest absolute Gasteiger partial charge is 0.504 e. The molecule has 1 aromatic rings. The molecule has 0 amide bonds. The molecule has 0 atom stereocenters. The van der Waals surface area contributed by atoms with Crippen molar-refractivity contribution < 1.29 is 14.6 Å². The monoisotopic (exact) mass is 260 g/mol. The van der Waals surface area contributed by atoms with Crippen LogP contribution in [0.3, 0.4) is 0 Å². The summed E-state index contributed by atoms with van der Waals surface area (Å²) in [6.45, 7) is 1.59. The SMILES string of the molecule is COc1cc(Cl)c(Cl)c(/C=C(\C)C=O)c1O. The summed E-state index contributed by atoms with van der Waals surface area (Å²) < 4.78 is 4.93. The lowest BCUT2D eigenvalue weighted by Crippen LogP contribution is -1.89. The first-order valence-electron chi connectivity index (χ1n) is 4.39. The van der Waals surface area contributed by atoms with Crippen LogP contribution in [0, 0.1) is 0 Å². The lowest BCUT2D eigenvalue weighted by atomic mass is 10.1. The van der Waals surface area contributed by atoms with Crippen LogP contribution in [0.4, 0.5) is 0 Å². The van der Waals surface area contributed by atoms with Gasteiger partial charge in [-0.3, -0.25) is 4.79 Å². The van der Waals surface area contributed by atoms with Gasteiger partial charge in [-0.2, -0.15) is 0 Å². The number of aldehydes is 1. The molecule has 1 aromatic carbocycles. The smallest absolute Gasteiger partial charge is 0.166 e. The lowest BCUT2D eigenvalue weighted by molar-refractivity contribution is -0.104. The van der Waals surface area contributed by atoms with Gasteiger partial charge < -0.3 is 9.84 Å². The van der Waals surface area contributed by atoms with E-state index >= 15 is 0 Å². The minimum Gasteiger partial charge on any atom is -0.504 e. The summed E-state index contributed by atoms with van der Waals surface area (Å²) in [6.07, 6.45) is 2.10. The first-order chi connectivity index (χ1) is 7.51. The number of methoxy groups -OCH3 is 1. The predicted octanol–water partition coefficient (Wildman–Crippen LogP) is 3.31. The molecule has 0 aliphatic rings. The van der Waals surface area contributed by atoms with Crippen molar-refractivity contribution in [1.29, 1.82) is 0 Å². The summed E-state index contributed by atoms with van der Waals surface area (Å²) in [7, 11) is 1.40. The highest BCUT2D eigenvalue weighted by Gasteiger charge is 2.14. The third-order valence-electron chi connectivity index (χ3n) is 1.97. The van der Waals surface area contributed by atoms with Crippen LogP contribution in [0.5, 0.6) is 11.5 Å². The van der Waals surface area contributed by atoms with Crippen LogP contribution in [0.2, 0.25) is 10.0 Å². The Hall–Kier alpha value is -1.19. The van der Waals surface area contributed by atoms with E-state index in [1.54, 1.807) is 6.92 Å². The highest BCUT2D eigenvalue weighted by Crippen LogP contribution is 2.41. The summed E-state index contributed by atoms with van der Waals surface area (Å²) in [5.41, 5.74) is 0.692. The van der Waals surface area contributed by atoms with E-state index in [4.69, 9.17) is 27.9 Å². The standard InChI is InChI=1S/C11H10Cl2O3/c1-6(5-14)3-7-10(13)8(12)4-9(16-2)11(7)15/h3-5,15H,1-2H3/b6-3+. The summed E-state index contributed by atoms with van der Waals surface area (Å²) in [5, 5.41) is 10.2. The van der Waals surface area contributed by atoms with E-state index in [0.717, 1.165) is 0 Å². The van der Waals surface area contributed by atoms with E-state index < -0.39 is 0 Å². The normalized spacial score (nSPS) is 11.4. The molecule has 0 radical (unpaired) electrons. The highest BCUT2D eigenvalue weighted by atomic mass is 35.5. The Labute approximate surface area is 103 Å². The molecule has 0 aromatic heterocycles. The average molecular weight is 261 g/mol. The van der Waals surface area contributed by atoms with Crippen molar-refractivity contribution in [2.45, 2.75) is 6.92 Å². The predicted molar refractivity (Wildman–Crippen MR) is 64.4 cm³/mol. The molecule has 1 N–H and O–H groups in total. The fraction of sp³-hybridized carbons (Fsp3) is 0.182. The zero-order valence-corrected chi connectivity index (χ0v) is 10.3. The molecule has 5 heteroatoms. The molecule has 1 rings (SSSR count). The van der Waals surface area contributed by atoms with E-state index in [1.165, 1.54) is 19.3 Å². The van der Waals surface area contributed by atoms with Gasteiger partial charge in [-0.15, -0.1) is 0 Å². The summed E-state index contributed by atoms with van der Waals surface area (Å²) in [6, 6.07) is 1.41. The summed E-state index contributed by atoms with van der Waals surface area (Å²) >= 11 is 11.8. The second-order valence-corrected chi connectivity index (χ2v) is 3.93. The van der Waals surface area contributed by atoms with Crippen molar-refractivity contribution in [1.82, 2.24) is 0 Å². The van der Waals surface area contributed by atoms with Gasteiger partial charge in [0.1, 0.15) is 6.29 Å². The van der Waals surface area contributed by atoms with Crippen LogP contribution >= 0.6 is 23.2 Å². The van der Waals surface area contributed by atoms with Crippen molar-refractivity contribution in [3.63, 3.8) is 0 Å². The molecule has 0 bridgehead atoms.